The van der Waals surface area contributed by atoms with Crippen molar-refractivity contribution in [1.82, 2.24) is 5.32 Å². The van der Waals surface area contributed by atoms with Gasteiger partial charge in [-0.1, -0.05) is 36.4 Å². The summed E-state index contributed by atoms with van der Waals surface area (Å²) in [5.41, 5.74) is 8.83. The standard InChI is InChI=1S/C22H21N3O/c23-20-10-9-18(22(26)25-13-14-5-6-14)12-19(20)21(24)17-8-7-15-3-1-2-4-16(15)11-17/h1-4,7-12,14,24H,5-6,13,23H2,(H,25,26). The number of rotatable bonds is 5. The lowest BCUT2D eigenvalue weighted by Crippen LogP contribution is -2.25. The topological polar surface area (TPSA) is 79.0 Å². The van der Waals surface area contributed by atoms with Crippen LogP contribution in [0.5, 0.6) is 0 Å². The van der Waals surface area contributed by atoms with Gasteiger partial charge in [-0.05, 0) is 53.8 Å². The van der Waals surface area contributed by atoms with Crippen LogP contribution in [0.15, 0.2) is 60.7 Å². The molecule has 0 spiro atoms. The lowest BCUT2D eigenvalue weighted by molar-refractivity contribution is 0.0952. The van der Waals surface area contributed by atoms with Gasteiger partial charge in [0.1, 0.15) is 0 Å². The van der Waals surface area contributed by atoms with Crippen molar-refractivity contribution < 1.29 is 4.79 Å². The minimum atomic E-state index is -0.107. The van der Waals surface area contributed by atoms with E-state index in [0.717, 1.165) is 22.9 Å². The maximum Gasteiger partial charge on any atom is 0.251 e. The van der Waals surface area contributed by atoms with Crippen LogP contribution in [0.4, 0.5) is 5.69 Å². The Morgan fingerprint density at radius 1 is 1.00 bits per heavy atom. The summed E-state index contributed by atoms with van der Waals surface area (Å²) in [7, 11) is 0. The predicted molar refractivity (Wildman–Crippen MR) is 106 cm³/mol. The lowest BCUT2D eigenvalue weighted by atomic mass is 9.96. The fourth-order valence-electron chi connectivity index (χ4n) is 3.08. The molecular weight excluding hydrogens is 322 g/mol. The molecule has 0 saturated heterocycles. The molecule has 26 heavy (non-hydrogen) atoms. The molecule has 0 radical (unpaired) electrons. The molecule has 1 aliphatic rings. The smallest absolute Gasteiger partial charge is 0.251 e. The van der Waals surface area contributed by atoms with Crippen LogP contribution < -0.4 is 11.1 Å². The number of hydrogen-bond acceptors (Lipinski definition) is 3. The number of hydrogen-bond donors (Lipinski definition) is 3. The van der Waals surface area contributed by atoms with Crippen LogP contribution in [0.1, 0.15) is 34.3 Å². The van der Waals surface area contributed by atoms with E-state index in [-0.39, 0.29) is 5.91 Å². The van der Waals surface area contributed by atoms with E-state index in [1.165, 1.54) is 12.8 Å². The summed E-state index contributed by atoms with van der Waals surface area (Å²) < 4.78 is 0. The van der Waals surface area contributed by atoms with Gasteiger partial charge in [-0.25, -0.2) is 0 Å². The summed E-state index contributed by atoms with van der Waals surface area (Å²) in [5, 5.41) is 13.8. The van der Waals surface area contributed by atoms with Crippen molar-refractivity contribution in [3.63, 3.8) is 0 Å². The van der Waals surface area contributed by atoms with Gasteiger partial charge in [-0.2, -0.15) is 0 Å². The zero-order valence-electron chi connectivity index (χ0n) is 14.5. The number of benzene rings is 3. The molecule has 1 aliphatic carbocycles. The van der Waals surface area contributed by atoms with E-state index in [1.54, 1.807) is 18.2 Å². The first-order valence-corrected chi connectivity index (χ1v) is 8.87. The number of nitrogens with two attached hydrogens (primary N) is 1. The molecule has 3 aromatic carbocycles. The number of amides is 1. The number of anilines is 1. The first-order valence-electron chi connectivity index (χ1n) is 8.87. The van der Waals surface area contributed by atoms with Crippen molar-refractivity contribution in [2.75, 3.05) is 12.3 Å². The highest BCUT2D eigenvalue weighted by atomic mass is 16.1. The van der Waals surface area contributed by atoms with Crippen LogP contribution >= 0.6 is 0 Å². The number of nitrogens with one attached hydrogen (secondary N) is 2. The second-order valence-electron chi connectivity index (χ2n) is 6.89. The average molecular weight is 343 g/mol. The highest BCUT2D eigenvalue weighted by Gasteiger charge is 2.22. The largest absolute Gasteiger partial charge is 0.398 e. The van der Waals surface area contributed by atoms with Gasteiger partial charge in [0.05, 0.1) is 5.71 Å². The van der Waals surface area contributed by atoms with Crippen LogP contribution in [-0.4, -0.2) is 18.2 Å². The van der Waals surface area contributed by atoms with Gasteiger partial charge < -0.3 is 11.1 Å². The summed E-state index contributed by atoms with van der Waals surface area (Å²) in [6.07, 6.45) is 2.39. The van der Waals surface area contributed by atoms with E-state index < -0.39 is 0 Å². The molecule has 1 fully saturated rings. The van der Waals surface area contributed by atoms with Crippen molar-refractivity contribution in [3.05, 3.63) is 77.4 Å². The second-order valence-corrected chi connectivity index (χ2v) is 6.89. The fourth-order valence-corrected chi connectivity index (χ4v) is 3.08. The number of carbonyl (C=O) groups excluding carboxylic acids is 1. The molecule has 0 atom stereocenters. The lowest BCUT2D eigenvalue weighted by Gasteiger charge is -2.11. The summed E-state index contributed by atoms with van der Waals surface area (Å²) in [6.45, 7) is 0.723. The summed E-state index contributed by atoms with van der Waals surface area (Å²) >= 11 is 0. The molecule has 4 N–H and O–H groups in total. The van der Waals surface area contributed by atoms with Crippen molar-refractivity contribution in [1.29, 1.82) is 5.41 Å². The predicted octanol–water partition coefficient (Wildman–Crippen LogP) is 3.98. The first-order chi connectivity index (χ1) is 12.6. The average Bonchev–Trinajstić information content (AvgIpc) is 3.50. The minimum Gasteiger partial charge on any atom is -0.398 e. The van der Waals surface area contributed by atoms with Gasteiger partial charge in [0, 0.05) is 28.9 Å². The summed E-state index contributed by atoms with van der Waals surface area (Å²) in [5.74, 6) is 0.521. The van der Waals surface area contributed by atoms with E-state index in [9.17, 15) is 4.79 Å². The van der Waals surface area contributed by atoms with Gasteiger partial charge in [0.25, 0.3) is 5.91 Å². The zero-order valence-corrected chi connectivity index (χ0v) is 14.5. The third-order valence-corrected chi connectivity index (χ3v) is 4.87. The third-order valence-electron chi connectivity index (χ3n) is 4.87. The Morgan fingerprint density at radius 3 is 2.50 bits per heavy atom. The van der Waals surface area contributed by atoms with E-state index in [4.69, 9.17) is 11.1 Å². The monoisotopic (exact) mass is 343 g/mol. The SMILES string of the molecule is N=C(c1ccc2ccccc2c1)c1cc(C(=O)NCC2CC2)ccc1N. The van der Waals surface area contributed by atoms with Crippen molar-refractivity contribution in [2.24, 2.45) is 5.92 Å². The van der Waals surface area contributed by atoms with E-state index >= 15 is 0 Å². The van der Waals surface area contributed by atoms with Gasteiger partial charge in [0.2, 0.25) is 0 Å². The van der Waals surface area contributed by atoms with Crippen molar-refractivity contribution in [2.45, 2.75) is 12.8 Å². The quantitative estimate of drug-likeness (QED) is 0.484. The molecule has 4 heteroatoms. The van der Waals surface area contributed by atoms with Crippen molar-refractivity contribution >= 4 is 28.1 Å². The molecule has 4 nitrogen and oxygen atoms in total. The van der Waals surface area contributed by atoms with Gasteiger partial charge in [-0.15, -0.1) is 0 Å². The summed E-state index contributed by atoms with van der Waals surface area (Å²) in [6, 6.07) is 19.1. The molecule has 130 valence electrons. The molecule has 0 aromatic heterocycles. The number of nitrogen functional groups attached to an aromatic ring is 1. The normalized spacial score (nSPS) is 13.5. The van der Waals surface area contributed by atoms with Gasteiger partial charge >= 0.3 is 0 Å². The van der Waals surface area contributed by atoms with Gasteiger partial charge in [0.15, 0.2) is 0 Å². The Hall–Kier alpha value is -3.14. The van der Waals surface area contributed by atoms with Gasteiger partial charge in [-0.3, -0.25) is 10.2 Å². The third kappa shape index (κ3) is 3.31. The van der Waals surface area contributed by atoms with Crippen LogP contribution in [0, 0.1) is 11.3 Å². The fraction of sp³-hybridized carbons (Fsp3) is 0.182. The molecule has 1 saturated carbocycles. The minimum absolute atomic E-state index is 0.107. The van der Waals surface area contributed by atoms with E-state index in [2.05, 4.69) is 5.32 Å². The maximum atomic E-state index is 12.4. The maximum absolute atomic E-state index is 12.4. The van der Waals surface area contributed by atoms with Crippen LogP contribution in [0.3, 0.4) is 0 Å². The Morgan fingerprint density at radius 2 is 1.73 bits per heavy atom. The summed E-state index contributed by atoms with van der Waals surface area (Å²) in [4.78, 5) is 12.4. The van der Waals surface area contributed by atoms with Crippen molar-refractivity contribution in [3.8, 4) is 0 Å². The molecule has 0 aliphatic heterocycles. The molecule has 4 rings (SSSR count). The molecule has 0 bridgehead atoms. The first kappa shape index (κ1) is 16.3. The molecule has 0 unspecified atom stereocenters. The molecule has 0 heterocycles. The highest BCUT2D eigenvalue weighted by Crippen LogP contribution is 2.28. The van der Waals surface area contributed by atoms with Crippen LogP contribution in [-0.2, 0) is 0 Å². The molecule has 1 amide bonds. The highest BCUT2D eigenvalue weighted by molar-refractivity contribution is 6.16. The van der Waals surface area contributed by atoms with Crippen LogP contribution in [0.2, 0.25) is 0 Å². The second kappa shape index (κ2) is 6.64. The molecule has 3 aromatic rings. The zero-order chi connectivity index (χ0) is 18.1. The number of fused-ring (bicyclic) bond motifs is 1. The molecular formula is C22H21N3O. The Bertz CT molecular complexity index is 1010. The Labute approximate surface area is 152 Å². The van der Waals surface area contributed by atoms with E-state index in [0.29, 0.717) is 28.4 Å². The Kier molecular flexibility index (Phi) is 4.17. The van der Waals surface area contributed by atoms with Crippen LogP contribution in [0.25, 0.3) is 10.8 Å². The Balaban J connectivity index is 1.63. The number of carbonyl (C=O) groups is 1. The van der Waals surface area contributed by atoms with E-state index in [1.807, 2.05) is 42.5 Å².